The molecule has 2 heteroatoms. The van der Waals surface area contributed by atoms with Crippen molar-refractivity contribution in [2.24, 2.45) is 5.73 Å². The van der Waals surface area contributed by atoms with Crippen molar-refractivity contribution in [3.8, 4) is 0 Å². The van der Waals surface area contributed by atoms with Crippen molar-refractivity contribution in [1.82, 2.24) is 0 Å². The maximum absolute atomic E-state index is 9.41. The predicted molar refractivity (Wildman–Crippen MR) is 62.5 cm³/mol. The Kier molecular flexibility index (Phi) is 2.89. The summed E-state index contributed by atoms with van der Waals surface area (Å²) in [4.78, 5) is 0. The van der Waals surface area contributed by atoms with Gasteiger partial charge in [0.2, 0.25) is 0 Å². The third-order valence-electron chi connectivity index (χ3n) is 3.12. The summed E-state index contributed by atoms with van der Waals surface area (Å²) in [5.74, 6) is 0. The lowest BCUT2D eigenvalue weighted by Crippen LogP contribution is -2.13. The average molecular weight is 203 g/mol. The van der Waals surface area contributed by atoms with E-state index in [-0.39, 0.29) is 12.0 Å². The van der Waals surface area contributed by atoms with Gasteiger partial charge in [0.25, 0.3) is 0 Å². The van der Waals surface area contributed by atoms with E-state index in [9.17, 15) is 5.11 Å². The van der Waals surface area contributed by atoms with E-state index < -0.39 is 0 Å². The number of aliphatic hydroxyl groups is 1. The molecule has 2 nitrogen and oxygen atoms in total. The minimum Gasteiger partial charge on any atom is -0.395 e. The summed E-state index contributed by atoms with van der Waals surface area (Å²) in [7, 11) is 0. The lowest BCUT2D eigenvalue weighted by molar-refractivity contribution is 0.255. The fourth-order valence-electron chi connectivity index (χ4n) is 1.98. The topological polar surface area (TPSA) is 46.2 Å². The SMILES string of the molecule is NC/C=C/c1ccccc1C1(CO)CC1. The normalized spacial score (nSPS) is 18.3. The van der Waals surface area contributed by atoms with Crippen molar-refractivity contribution in [2.45, 2.75) is 18.3 Å². The van der Waals surface area contributed by atoms with Gasteiger partial charge in [-0.2, -0.15) is 0 Å². The molecule has 1 fully saturated rings. The van der Waals surface area contributed by atoms with Crippen LogP contribution in [0.1, 0.15) is 24.0 Å². The lowest BCUT2D eigenvalue weighted by atomic mass is 9.92. The van der Waals surface area contributed by atoms with Crippen molar-refractivity contribution >= 4 is 6.08 Å². The molecule has 0 aliphatic heterocycles. The van der Waals surface area contributed by atoms with E-state index in [0.717, 1.165) is 12.8 Å². The summed E-state index contributed by atoms with van der Waals surface area (Å²) in [5.41, 5.74) is 7.94. The monoisotopic (exact) mass is 203 g/mol. The average Bonchev–Trinajstić information content (AvgIpc) is 3.08. The molecule has 0 bridgehead atoms. The molecule has 0 saturated heterocycles. The second-order valence-corrected chi connectivity index (χ2v) is 4.16. The zero-order valence-corrected chi connectivity index (χ0v) is 8.82. The van der Waals surface area contributed by atoms with Gasteiger partial charge in [0.05, 0.1) is 6.61 Å². The summed E-state index contributed by atoms with van der Waals surface area (Å²) in [5, 5.41) is 9.41. The molecular formula is C13H17NO. The Bertz CT molecular complexity index is 367. The Morgan fingerprint density at radius 3 is 2.67 bits per heavy atom. The molecule has 80 valence electrons. The van der Waals surface area contributed by atoms with Crippen molar-refractivity contribution in [3.63, 3.8) is 0 Å². The molecule has 1 aliphatic carbocycles. The van der Waals surface area contributed by atoms with E-state index in [1.165, 1.54) is 11.1 Å². The Labute approximate surface area is 90.4 Å². The fraction of sp³-hybridized carbons (Fsp3) is 0.385. The summed E-state index contributed by atoms with van der Waals surface area (Å²) in [6, 6.07) is 8.24. The lowest BCUT2D eigenvalue weighted by Gasteiger charge is -2.15. The van der Waals surface area contributed by atoms with E-state index >= 15 is 0 Å². The summed E-state index contributed by atoms with van der Waals surface area (Å²) < 4.78 is 0. The van der Waals surface area contributed by atoms with E-state index in [4.69, 9.17) is 5.73 Å². The van der Waals surface area contributed by atoms with Gasteiger partial charge in [-0.25, -0.2) is 0 Å². The molecule has 0 aromatic heterocycles. The van der Waals surface area contributed by atoms with Crippen LogP contribution in [-0.4, -0.2) is 18.3 Å². The molecule has 3 N–H and O–H groups in total. The maximum atomic E-state index is 9.41. The van der Waals surface area contributed by atoms with E-state index in [1.54, 1.807) is 0 Å². The van der Waals surface area contributed by atoms with Crippen LogP contribution in [0.25, 0.3) is 6.08 Å². The predicted octanol–water partition coefficient (Wildman–Crippen LogP) is 1.68. The number of rotatable bonds is 4. The highest BCUT2D eigenvalue weighted by Gasteiger charge is 2.44. The van der Waals surface area contributed by atoms with Gasteiger partial charge in [-0.1, -0.05) is 36.4 Å². The number of nitrogens with two attached hydrogens (primary N) is 1. The van der Waals surface area contributed by atoms with Gasteiger partial charge in [0, 0.05) is 12.0 Å². The molecule has 1 aromatic rings. The van der Waals surface area contributed by atoms with Crippen LogP contribution in [0, 0.1) is 0 Å². The number of hydrogen-bond acceptors (Lipinski definition) is 2. The van der Waals surface area contributed by atoms with E-state index in [0.29, 0.717) is 6.54 Å². The van der Waals surface area contributed by atoms with E-state index in [1.807, 2.05) is 24.3 Å². The standard InChI is InChI=1S/C13H17NO/c14-9-3-5-11-4-1-2-6-12(11)13(10-15)7-8-13/h1-6,15H,7-10,14H2/b5-3+. The van der Waals surface area contributed by atoms with Gasteiger partial charge in [-0.05, 0) is 24.0 Å². The van der Waals surface area contributed by atoms with E-state index in [2.05, 4.69) is 12.1 Å². The van der Waals surface area contributed by atoms with Gasteiger partial charge in [0.15, 0.2) is 0 Å². The molecule has 0 heterocycles. The van der Waals surface area contributed by atoms with Crippen molar-refractivity contribution in [1.29, 1.82) is 0 Å². The Balaban J connectivity index is 2.34. The number of benzene rings is 1. The largest absolute Gasteiger partial charge is 0.395 e. The highest BCUT2D eigenvalue weighted by molar-refractivity contribution is 5.57. The molecule has 0 unspecified atom stereocenters. The number of hydrogen-bond donors (Lipinski definition) is 2. The quantitative estimate of drug-likeness (QED) is 0.782. The van der Waals surface area contributed by atoms with Gasteiger partial charge in [-0.15, -0.1) is 0 Å². The van der Waals surface area contributed by atoms with Crippen molar-refractivity contribution < 1.29 is 5.11 Å². The first-order valence-electron chi connectivity index (χ1n) is 5.39. The first-order valence-corrected chi connectivity index (χ1v) is 5.39. The highest BCUT2D eigenvalue weighted by Crippen LogP contribution is 2.48. The smallest absolute Gasteiger partial charge is 0.0528 e. The Hall–Kier alpha value is -1.12. The summed E-state index contributed by atoms with van der Waals surface area (Å²) >= 11 is 0. The molecule has 1 aromatic carbocycles. The number of aliphatic hydroxyl groups excluding tert-OH is 1. The molecule has 0 atom stereocenters. The maximum Gasteiger partial charge on any atom is 0.0528 e. The van der Waals surface area contributed by atoms with Gasteiger partial charge < -0.3 is 10.8 Å². The Morgan fingerprint density at radius 1 is 1.33 bits per heavy atom. The van der Waals surface area contributed by atoms with Crippen LogP contribution in [0.15, 0.2) is 30.3 Å². The van der Waals surface area contributed by atoms with Crippen molar-refractivity contribution in [3.05, 3.63) is 41.5 Å². The minimum absolute atomic E-state index is 0.0372. The Morgan fingerprint density at radius 2 is 2.07 bits per heavy atom. The minimum atomic E-state index is 0.0372. The van der Waals surface area contributed by atoms with Crippen LogP contribution in [0.4, 0.5) is 0 Å². The highest BCUT2D eigenvalue weighted by atomic mass is 16.3. The van der Waals surface area contributed by atoms with Crippen LogP contribution >= 0.6 is 0 Å². The second kappa shape index (κ2) is 4.17. The third kappa shape index (κ3) is 1.96. The summed E-state index contributed by atoms with van der Waals surface area (Å²) in [6.07, 6.45) is 6.19. The molecule has 2 rings (SSSR count). The van der Waals surface area contributed by atoms with Gasteiger partial charge >= 0.3 is 0 Å². The third-order valence-corrected chi connectivity index (χ3v) is 3.12. The van der Waals surface area contributed by atoms with Crippen LogP contribution in [0.5, 0.6) is 0 Å². The van der Waals surface area contributed by atoms with Gasteiger partial charge in [-0.3, -0.25) is 0 Å². The molecule has 0 radical (unpaired) electrons. The van der Waals surface area contributed by atoms with Crippen LogP contribution in [-0.2, 0) is 5.41 Å². The van der Waals surface area contributed by atoms with Crippen LogP contribution in [0.3, 0.4) is 0 Å². The molecule has 0 spiro atoms. The fourth-order valence-corrected chi connectivity index (χ4v) is 1.98. The van der Waals surface area contributed by atoms with Crippen LogP contribution in [0.2, 0.25) is 0 Å². The zero-order chi connectivity index (χ0) is 10.7. The first kappa shape index (κ1) is 10.4. The molecular weight excluding hydrogens is 186 g/mol. The van der Waals surface area contributed by atoms with Gasteiger partial charge in [0.1, 0.15) is 0 Å². The molecule has 1 aliphatic rings. The summed E-state index contributed by atoms with van der Waals surface area (Å²) in [6.45, 7) is 0.806. The first-order chi connectivity index (χ1) is 7.32. The molecule has 0 amide bonds. The van der Waals surface area contributed by atoms with Crippen LogP contribution < -0.4 is 5.73 Å². The zero-order valence-electron chi connectivity index (χ0n) is 8.82. The van der Waals surface area contributed by atoms with Crippen molar-refractivity contribution in [2.75, 3.05) is 13.2 Å². The second-order valence-electron chi connectivity index (χ2n) is 4.16. The molecule has 15 heavy (non-hydrogen) atoms. The molecule has 1 saturated carbocycles.